The van der Waals surface area contributed by atoms with Crippen molar-refractivity contribution in [2.75, 3.05) is 27.4 Å². The van der Waals surface area contributed by atoms with E-state index in [0.29, 0.717) is 32.2 Å². The van der Waals surface area contributed by atoms with E-state index in [1.165, 1.54) is 11.8 Å². The summed E-state index contributed by atoms with van der Waals surface area (Å²) in [7, 11) is 3.20. The van der Waals surface area contributed by atoms with Gasteiger partial charge in [0.2, 0.25) is 0 Å². The van der Waals surface area contributed by atoms with Crippen LogP contribution in [0.25, 0.3) is 6.08 Å². The summed E-state index contributed by atoms with van der Waals surface area (Å²) in [4.78, 5) is 19.7. The number of phenolic OH excluding ortho intramolecular Hbond substituents is 1. The minimum atomic E-state index is -0.139. The number of halogens is 2. The van der Waals surface area contributed by atoms with Crippen molar-refractivity contribution < 1.29 is 19.4 Å². The van der Waals surface area contributed by atoms with Crippen LogP contribution < -0.4 is 4.74 Å². The van der Waals surface area contributed by atoms with Gasteiger partial charge in [0.25, 0.3) is 5.91 Å². The predicted octanol–water partition coefficient (Wildman–Crippen LogP) is 5.18. The number of ether oxygens (including phenoxy) is 2. The van der Waals surface area contributed by atoms with E-state index in [1.807, 2.05) is 24.3 Å². The molecule has 9 heteroatoms. The maximum absolute atomic E-state index is 13.0. The molecule has 1 heterocycles. The minimum absolute atomic E-state index is 0.112. The molecule has 1 N–H and O–H groups in total. The van der Waals surface area contributed by atoms with Gasteiger partial charge in [-0.3, -0.25) is 9.69 Å². The van der Waals surface area contributed by atoms with Crippen LogP contribution in [-0.4, -0.2) is 48.5 Å². The minimum Gasteiger partial charge on any atom is -0.506 e. The van der Waals surface area contributed by atoms with Crippen LogP contribution in [0.3, 0.4) is 0 Å². The molecule has 0 unspecified atom stereocenters. The van der Waals surface area contributed by atoms with E-state index in [4.69, 9.17) is 9.47 Å². The van der Waals surface area contributed by atoms with Crippen LogP contribution in [0.2, 0.25) is 0 Å². The van der Waals surface area contributed by atoms with Crippen LogP contribution >= 0.6 is 43.6 Å². The van der Waals surface area contributed by atoms with Gasteiger partial charge in [-0.25, -0.2) is 4.99 Å². The summed E-state index contributed by atoms with van der Waals surface area (Å²) in [6.45, 7) is 0.801. The van der Waals surface area contributed by atoms with E-state index in [-0.39, 0.29) is 11.7 Å². The van der Waals surface area contributed by atoms with Crippen LogP contribution in [0.15, 0.2) is 55.2 Å². The second-order valence-corrected chi connectivity index (χ2v) is 8.70. The molecule has 0 aliphatic carbocycles. The van der Waals surface area contributed by atoms with E-state index in [9.17, 15) is 9.90 Å². The number of carbonyl (C=O) groups excluding carboxylic acids is 1. The van der Waals surface area contributed by atoms with Crippen LogP contribution in [0, 0.1) is 0 Å². The lowest BCUT2D eigenvalue weighted by Crippen LogP contribution is -2.32. The lowest BCUT2D eigenvalue weighted by molar-refractivity contribution is -0.122. The van der Waals surface area contributed by atoms with Crippen molar-refractivity contribution in [2.24, 2.45) is 4.99 Å². The number of amidine groups is 1. The van der Waals surface area contributed by atoms with E-state index in [2.05, 4.69) is 36.9 Å². The molecular weight excluding hydrogens is 524 g/mol. The van der Waals surface area contributed by atoms with Crippen molar-refractivity contribution >= 4 is 66.5 Å². The lowest BCUT2D eigenvalue weighted by atomic mass is 10.2. The smallest absolute Gasteiger partial charge is 0.266 e. The Bertz CT molecular complexity index is 954. The van der Waals surface area contributed by atoms with Gasteiger partial charge in [0, 0.05) is 7.11 Å². The number of nitrogens with zero attached hydrogens (tertiary/aromatic N) is 2. The number of phenols is 1. The number of aromatic hydroxyl groups is 1. The van der Waals surface area contributed by atoms with Gasteiger partial charge >= 0.3 is 0 Å². The molecular formula is C20H18Br2N2O4S. The summed E-state index contributed by atoms with van der Waals surface area (Å²) < 4.78 is 11.4. The molecule has 6 nitrogen and oxygen atoms in total. The molecule has 0 saturated carbocycles. The molecule has 2 aromatic rings. The molecule has 1 aliphatic heterocycles. The number of carbonyl (C=O) groups is 1. The first-order valence-corrected chi connectivity index (χ1v) is 10.9. The number of hydrogen-bond acceptors (Lipinski definition) is 6. The van der Waals surface area contributed by atoms with Gasteiger partial charge in [-0.2, -0.15) is 0 Å². The van der Waals surface area contributed by atoms with Crippen molar-refractivity contribution in [1.82, 2.24) is 4.90 Å². The average Bonchev–Trinajstić information content (AvgIpc) is 2.99. The normalized spacial score (nSPS) is 16.8. The van der Waals surface area contributed by atoms with Gasteiger partial charge in [-0.15, -0.1) is 0 Å². The third kappa shape index (κ3) is 5.22. The first kappa shape index (κ1) is 21.9. The highest BCUT2D eigenvalue weighted by molar-refractivity contribution is 9.11. The molecule has 1 aliphatic rings. The fraction of sp³-hybridized carbons (Fsp3) is 0.200. The molecule has 0 radical (unpaired) electrons. The topological polar surface area (TPSA) is 71.4 Å². The van der Waals surface area contributed by atoms with Crippen LogP contribution in [0.5, 0.6) is 11.5 Å². The molecule has 0 aromatic heterocycles. The second kappa shape index (κ2) is 9.80. The average molecular weight is 542 g/mol. The van der Waals surface area contributed by atoms with Gasteiger partial charge in [0.1, 0.15) is 11.5 Å². The quantitative estimate of drug-likeness (QED) is 0.510. The molecule has 1 amide bonds. The fourth-order valence-electron chi connectivity index (χ4n) is 2.56. The fourth-order valence-corrected chi connectivity index (χ4v) is 4.80. The Labute approximate surface area is 189 Å². The Morgan fingerprint density at radius 3 is 2.41 bits per heavy atom. The summed E-state index contributed by atoms with van der Waals surface area (Å²) in [5.74, 6) is 0.713. The van der Waals surface area contributed by atoms with Gasteiger partial charge in [-0.1, -0.05) is 0 Å². The highest BCUT2D eigenvalue weighted by atomic mass is 79.9. The number of benzene rings is 2. The molecule has 2 aromatic carbocycles. The summed E-state index contributed by atoms with van der Waals surface area (Å²) in [6.07, 6.45) is 1.78. The second-order valence-electron chi connectivity index (χ2n) is 5.99. The number of rotatable bonds is 6. The molecule has 0 atom stereocenters. The molecule has 1 fully saturated rings. The zero-order chi connectivity index (χ0) is 21.0. The zero-order valence-electron chi connectivity index (χ0n) is 15.7. The molecule has 152 valence electrons. The first-order valence-electron chi connectivity index (χ1n) is 8.54. The van der Waals surface area contributed by atoms with Crippen LogP contribution in [0.1, 0.15) is 5.56 Å². The molecule has 3 rings (SSSR count). The summed E-state index contributed by atoms with van der Waals surface area (Å²) in [5, 5.41) is 10.5. The van der Waals surface area contributed by atoms with Crippen LogP contribution in [0.4, 0.5) is 5.69 Å². The third-order valence-corrected chi connectivity index (χ3v) is 6.26. The Morgan fingerprint density at radius 2 is 1.83 bits per heavy atom. The highest BCUT2D eigenvalue weighted by Crippen LogP contribution is 2.37. The summed E-state index contributed by atoms with van der Waals surface area (Å²) >= 11 is 7.93. The first-order chi connectivity index (χ1) is 13.9. The van der Waals surface area contributed by atoms with E-state index < -0.39 is 0 Å². The SMILES string of the molecule is COCCN1C(=O)/C(=C/c2cc(Br)c(O)c(Br)c2)SC1=Nc1ccc(OC)cc1. The van der Waals surface area contributed by atoms with Crippen molar-refractivity contribution in [2.45, 2.75) is 0 Å². The number of hydrogen-bond donors (Lipinski definition) is 1. The van der Waals surface area contributed by atoms with E-state index in [0.717, 1.165) is 17.0 Å². The van der Waals surface area contributed by atoms with E-state index in [1.54, 1.807) is 37.3 Å². The maximum Gasteiger partial charge on any atom is 0.266 e. The molecule has 1 saturated heterocycles. The van der Waals surface area contributed by atoms with Crippen molar-refractivity contribution in [3.8, 4) is 11.5 Å². The van der Waals surface area contributed by atoms with Crippen molar-refractivity contribution in [3.05, 3.63) is 55.8 Å². The molecule has 29 heavy (non-hydrogen) atoms. The Morgan fingerprint density at radius 1 is 1.17 bits per heavy atom. The number of amides is 1. The zero-order valence-corrected chi connectivity index (χ0v) is 19.7. The number of methoxy groups -OCH3 is 2. The predicted molar refractivity (Wildman–Crippen MR) is 123 cm³/mol. The summed E-state index contributed by atoms with van der Waals surface area (Å²) in [5.41, 5.74) is 1.50. The van der Waals surface area contributed by atoms with Crippen molar-refractivity contribution in [3.63, 3.8) is 0 Å². The Hall–Kier alpha value is -1.81. The van der Waals surface area contributed by atoms with Gasteiger partial charge in [-0.05, 0) is 91.7 Å². The highest BCUT2D eigenvalue weighted by Gasteiger charge is 2.33. The molecule has 0 spiro atoms. The van der Waals surface area contributed by atoms with E-state index >= 15 is 0 Å². The maximum atomic E-state index is 13.0. The van der Waals surface area contributed by atoms with Crippen molar-refractivity contribution in [1.29, 1.82) is 0 Å². The third-order valence-electron chi connectivity index (χ3n) is 4.04. The van der Waals surface area contributed by atoms with Crippen LogP contribution in [-0.2, 0) is 9.53 Å². The summed E-state index contributed by atoms with van der Waals surface area (Å²) in [6, 6.07) is 10.8. The Balaban J connectivity index is 1.94. The monoisotopic (exact) mass is 540 g/mol. The number of aliphatic imine (C=N–C) groups is 1. The molecule has 0 bridgehead atoms. The van der Waals surface area contributed by atoms with Gasteiger partial charge in [0.05, 0.1) is 39.8 Å². The standard InChI is InChI=1S/C20H18Br2N2O4S/c1-27-8-7-24-19(26)17(11-12-9-15(21)18(25)16(22)10-12)29-20(24)23-13-3-5-14(28-2)6-4-13/h3-6,9-11,25H,7-8H2,1-2H3/b17-11-,23-20?. The van der Waals surface area contributed by atoms with Gasteiger partial charge in [0.15, 0.2) is 5.17 Å². The lowest BCUT2D eigenvalue weighted by Gasteiger charge is -2.14. The Kier molecular flexibility index (Phi) is 7.39. The number of thioether (sulfide) groups is 1. The largest absolute Gasteiger partial charge is 0.506 e. The van der Waals surface area contributed by atoms with Gasteiger partial charge < -0.3 is 14.6 Å².